The minimum atomic E-state index is -0.0793. The van der Waals surface area contributed by atoms with E-state index in [1.807, 2.05) is 13.0 Å². The molecule has 0 spiro atoms. The molecule has 1 atom stereocenters. The summed E-state index contributed by atoms with van der Waals surface area (Å²) in [7, 11) is 0. The van der Waals surface area contributed by atoms with E-state index in [1.165, 1.54) is 6.92 Å². The number of fused-ring (bicyclic) bond motifs is 1. The lowest BCUT2D eigenvalue weighted by molar-refractivity contribution is -0.118. The van der Waals surface area contributed by atoms with Gasteiger partial charge in [0.25, 0.3) is 0 Å². The normalized spacial score (nSPS) is 18.1. The second-order valence-electron chi connectivity index (χ2n) is 4.82. The van der Waals surface area contributed by atoms with Crippen LogP contribution in [-0.4, -0.2) is 35.2 Å². The number of thioether (sulfide) groups is 1. The number of ketones is 1. The second-order valence-corrected chi connectivity index (χ2v) is 6.07. The molecule has 0 aromatic heterocycles. The number of aliphatic hydroxyl groups is 1. The van der Waals surface area contributed by atoms with E-state index in [0.717, 1.165) is 17.0 Å². The van der Waals surface area contributed by atoms with Crippen LogP contribution in [0.5, 0.6) is 0 Å². The van der Waals surface area contributed by atoms with Crippen LogP contribution < -0.4 is 4.90 Å². The van der Waals surface area contributed by atoms with Crippen molar-refractivity contribution in [3.8, 4) is 0 Å². The Labute approximate surface area is 123 Å². The first-order valence-electron chi connectivity index (χ1n) is 6.82. The van der Waals surface area contributed by atoms with Crippen molar-refractivity contribution >= 4 is 29.1 Å². The summed E-state index contributed by atoms with van der Waals surface area (Å²) in [5, 5.41) is 8.92. The van der Waals surface area contributed by atoms with Gasteiger partial charge >= 0.3 is 0 Å². The molecular formula is C15H19NO3S. The highest BCUT2D eigenvalue weighted by Crippen LogP contribution is 2.40. The van der Waals surface area contributed by atoms with Crippen LogP contribution in [0.25, 0.3) is 0 Å². The zero-order valence-electron chi connectivity index (χ0n) is 11.8. The van der Waals surface area contributed by atoms with Gasteiger partial charge in [-0.3, -0.25) is 9.59 Å². The predicted molar refractivity (Wildman–Crippen MR) is 80.4 cm³/mol. The molecule has 1 N–H and O–H groups in total. The van der Waals surface area contributed by atoms with Crippen molar-refractivity contribution in [2.45, 2.75) is 36.8 Å². The number of amides is 1. The van der Waals surface area contributed by atoms with Gasteiger partial charge < -0.3 is 10.0 Å². The Morgan fingerprint density at radius 1 is 1.45 bits per heavy atom. The van der Waals surface area contributed by atoms with Crippen molar-refractivity contribution in [3.05, 3.63) is 23.8 Å². The Hall–Kier alpha value is -1.33. The molecule has 0 aliphatic carbocycles. The molecule has 0 radical (unpaired) electrons. The number of benzene rings is 1. The fourth-order valence-corrected chi connectivity index (χ4v) is 3.40. The van der Waals surface area contributed by atoms with Gasteiger partial charge in [-0.2, -0.15) is 0 Å². The van der Waals surface area contributed by atoms with Gasteiger partial charge in [-0.05, 0) is 31.9 Å². The molecule has 2 rings (SSSR count). The van der Waals surface area contributed by atoms with Gasteiger partial charge in [0.2, 0.25) is 5.91 Å². The lowest BCUT2D eigenvalue weighted by Gasteiger charge is -2.33. The molecule has 0 bridgehead atoms. The smallest absolute Gasteiger partial charge is 0.240 e. The topological polar surface area (TPSA) is 57.6 Å². The van der Waals surface area contributed by atoms with Gasteiger partial charge in [-0.15, -0.1) is 11.8 Å². The summed E-state index contributed by atoms with van der Waals surface area (Å²) in [6.45, 7) is 4.05. The van der Waals surface area contributed by atoms with Crippen LogP contribution in [0.3, 0.4) is 0 Å². The van der Waals surface area contributed by atoms with E-state index in [-0.39, 0.29) is 23.5 Å². The third-order valence-electron chi connectivity index (χ3n) is 3.38. The number of rotatable bonds is 5. The fraction of sp³-hybridized carbons (Fsp3) is 0.467. The number of hydrogen-bond donors (Lipinski definition) is 1. The Morgan fingerprint density at radius 2 is 2.20 bits per heavy atom. The van der Waals surface area contributed by atoms with Crippen LogP contribution in [0.4, 0.5) is 5.69 Å². The molecule has 1 unspecified atom stereocenters. The number of carbonyl (C=O) groups is 2. The summed E-state index contributed by atoms with van der Waals surface area (Å²) in [5.74, 6) is 0.0594. The van der Waals surface area contributed by atoms with Crippen LogP contribution >= 0.6 is 11.8 Å². The van der Waals surface area contributed by atoms with E-state index in [1.54, 1.807) is 28.8 Å². The van der Waals surface area contributed by atoms with Crippen LogP contribution in [-0.2, 0) is 4.79 Å². The van der Waals surface area contributed by atoms with E-state index in [4.69, 9.17) is 5.11 Å². The van der Waals surface area contributed by atoms with Crippen LogP contribution in [0.1, 0.15) is 37.0 Å². The van der Waals surface area contributed by atoms with Gasteiger partial charge in [-0.1, -0.05) is 13.0 Å². The summed E-state index contributed by atoms with van der Waals surface area (Å²) in [5.41, 5.74) is 1.41. The Morgan fingerprint density at radius 3 is 2.80 bits per heavy atom. The predicted octanol–water partition coefficient (Wildman–Crippen LogP) is 2.49. The molecule has 1 aromatic carbocycles. The van der Waals surface area contributed by atoms with Crippen molar-refractivity contribution < 1.29 is 14.7 Å². The molecule has 4 nitrogen and oxygen atoms in total. The molecule has 1 aliphatic rings. The molecule has 5 heteroatoms. The lowest BCUT2D eigenvalue weighted by Crippen LogP contribution is -2.41. The minimum Gasteiger partial charge on any atom is -0.396 e. The molecule has 108 valence electrons. The van der Waals surface area contributed by atoms with Gasteiger partial charge in [-0.25, -0.2) is 0 Å². The Balaban J connectivity index is 2.41. The van der Waals surface area contributed by atoms with E-state index < -0.39 is 0 Å². The number of Topliss-reactive ketones (excluding diaryl/α,β-unsaturated/α-hetero) is 1. The highest BCUT2D eigenvalue weighted by Gasteiger charge is 2.32. The molecule has 20 heavy (non-hydrogen) atoms. The SMILES string of the molecule is CCC1Sc2ccc(C(C)=O)cc2N(CCCO)C1=O. The van der Waals surface area contributed by atoms with Crippen LogP contribution in [0.15, 0.2) is 23.1 Å². The van der Waals surface area contributed by atoms with Crippen molar-refractivity contribution in [2.24, 2.45) is 0 Å². The lowest BCUT2D eigenvalue weighted by atomic mass is 10.1. The van der Waals surface area contributed by atoms with E-state index >= 15 is 0 Å². The first-order valence-corrected chi connectivity index (χ1v) is 7.70. The third-order valence-corrected chi connectivity index (χ3v) is 4.80. The average Bonchev–Trinajstić information content (AvgIpc) is 2.45. The molecule has 0 fully saturated rings. The summed E-state index contributed by atoms with van der Waals surface area (Å²) in [6.07, 6.45) is 1.31. The zero-order valence-corrected chi connectivity index (χ0v) is 12.6. The molecule has 0 saturated carbocycles. The fourth-order valence-electron chi connectivity index (χ4n) is 2.26. The number of carbonyl (C=O) groups excluding carboxylic acids is 2. The van der Waals surface area contributed by atoms with E-state index in [2.05, 4.69) is 0 Å². The molecule has 1 amide bonds. The van der Waals surface area contributed by atoms with Crippen LogP contribution in [0.2, 0.25) is 0 Å². The zero-order chi connectivity index (χ0) is 14.7. The quantitative estimate of drug-likeness (QED) is 0.847. The summed E-state index contributed by atoms with van der Waals surface area (Å²) in [4.78, 5) is 26.7. The Bertz CT molecular complexity index is 530. The Kier molecular flexibility index (Phi) is 4.83. The number of nitrogens with zero attached hydrogens (tertiary/aromatic N) is 1. The standard InChI is InChI=1S/C15H19NO3S/c1-3-13-15(19)16(7-4-8-17)12-9-11(10(2)18)5-6-14(12)20-13/h5-6,9,13,17H,3-4,7-8H2,1-2H3. The minimum absolute atomic E-state index is 0.00929. The largest absolute Gasteiger partial charge is 0.396 e. The van der Waals surface area contributed by atoms with E-state index in [0.29, 0.717) is 18.5 Å². The average molecular weight is 293 g/mol. The number of anilines is 1. The van der Waals surface area contributed by atoms with Gasteiger partial charge in [0, 0.05) is 23.6 Å². The summed E-state index contributed by atoms with van der Waals surface area (Å²) >= 11 is 1.56. The summed E-state index contributed by atoms with van der Waals surface area (Å²) in [6, 6.07) is 5.50. The molecular weight excluding hydrogens is 274 g/mol. The van der Waals surface area contributed by atoms with Crippen molar-refractivity contribution in [1.82, 2.24) is 0 Å². The highest BCUT2D eigenvalue weighted by molar-refractivity contribution is 8.01. The second kappa shape index (κ2) is 6.41. The maximum Gasteiger partial charge on any atom is 0.240 e. The summed E-state index contributed by atoms with van der Waals surface area (Å²) < 4.78 is 0. The highest BCUT2D eigenvalue weighted by atomic mass is 32.2. The van der Waals surface area contributed by atoms with Gasteiger partial charge in [0.15, 0.2) is 5.78 Å². The molecule has 1 aliphatic heterocycles. The van der Waals surface area contributed by atoms with Gasteiger partial charge in [0.05, 0.1) is 10.9 Å². The van der Waals surface area contributed by atoms with Crippen molar-refractivity contribution in [1.29, 1.82) is 0 Å². The number of aliphatic hydroxyl groups excluding tert-OH is 1. The molecule has 0 saturated heterocycles. The molecule has 1 heterocycles. The van der Waals surface area contributed by atoms with E-state index in [9.17, 15) is 9.59 Å². The maximum absolute atomic E-state index is 12.4. The van der Waals surface area contributed by atoms with Crippen LogP contribution in [0, 0.1) is 0 Å². The monoisotopic (exact) mass is 293 g/mol. The number of hydrogen-bond acceptors (Lipinski definition) is 4. The first-order chi connectivity index (χ1) is 9.58. The van der Waals surface area contributed by atoms with Crippen molar-refractivity contribution in [2.75, 3.05) is 18.1 Å². The third kappa shape index (κ3) is 2.88. The van der Waals surface area contributed by atoms with Gasteiger partial charge in [0.1, 0.15) is 0 Å². The first kappa shape index (κ1) is 15.1. The maximum atomic E-state index is 12.4. The van der Waals surface area contributed by atoms with Crippen molar-refractivity contribution in [3.63, 3.8) is 0 Å². The molecule has 1 aromatic rings.